The highest BCUT2D eigenvalue weighted by molar-refractivity contribution is 6.36. The van der Waals surface area contributed by atoms with Gasteiger partial charge in [0.15, 0.2) is 0 Å². The van der Waals surface area contributed by atoms with Crippen LogP contribution < -0.4 is 5.32 Å². The fourth-order valence-electron chi connectivity index (χ4n) is 2.11. The molecule has 0 spiro atoms. The van der Waals surface area contributed by atoms with Gasteiger partial charge in [0.25, 0.3) is 0 Å². The first kappa shape index (κ1) is 14.3. The number of benzene rings is 1. The van der Waals surface area contributed by atoms with Gasteiger partial charge in [0, 0.05) is 28.0 Å². The third-order valence-corrected chi connectivity index (χ3v) is 3.59. The molecule has 2 nitrogen and oxygen atoms in total. The van der Waals surface area contributed by atoms with Crippen LogP contribution in [0.25, 0.3) is 0 Å². The number of pyridine rings is 1. The molecule has 0 saturated carbocycles. The summed E-state index contributed by atoms with van der Waals surface area (Å²) in [5, 5.41) is 4.75. The lowest BCUT2D eigenvalue weighted by Crippen LogP contribution is -2.23. The number of aromatic nitrogens is 1. The van der Waals surface area contributed by atoms with Crippen molar-refractivity contribution in [2.45, 2.75) is 19.9 Å². The molecule has 0 aliphatic rings. The Morgan fingerprint density at radius 1 is 1.21 bits per heavy atom. The van der Waals surface area contributed by atoms with E-state index in [0.717, 1.165) is 23.2 Å². The number of hydrogen-bond donors (Lipinski definition) is 1. The average molecular weight is 295 g/mol. The van der Waals surface area contributed by atoms with E-state index >= 15 is 0 Å². The summed E-state index contributed by atoms with van der Waals surface area (Å²) in [6.45, 7) is 4.90. The van der Waals surface area contributed by atoms with Crippen LogP contribution in [0.5, 0.6) is 0 Å². The van der Waals surface area contributed by atoms with Crippen molar-refractivity contribution in [2.75, 3.05) is 6.54 Å². The molecule has 0 amide bonds. The number of rotatable bonds is 4. The smallest absolute Gasteiger partial charge is 0.0621 e. The molecule has 0 aliphatic carbocycles. The number of nitrogens with zero attached hydrogens (tertiary/aromatic N) is 1. The van der Waals surface area contributed by atoms with Crippen LogP contribution in [0.2, 0.25) is 10.0 Å². The van der Waals surface area contributed by atoms with Crippen molar-refractivity contribution in [3.63, 3.8) is 0 Å². The summed E-state index contributed by atoms with van der Waals surface area (Å²) in [7, 11) is 0. The van der Waals surface area contributed by atoms with Crippen molar-refractivity contribution in [3.05, 3.63) is 63.4 Å². The number of aryl methyl sites for hydroxylation is 1. The Bertz CT molecular complexity index is 550. The minimum absolute atomic E-state index is 0.0430. The van der Waals surface area contributed by atoms with Gasteiger partial charge >= 0.3 is 0 Å². The molecule has 2 aromatic rings. The van der Waals surface area contributed by atoms with Crippen molar-refractivity contribution >= 4 is 23.2 Å². The second-order valence-corrected chi connectivity index (χ2v) is 5.24. The molecule has 1 atom stereocenters. The Hall–Kier alpha value is -1.09. The molecule has 1 unspecified atom stereocenters. The molecule has 1 aromatic heterocycles. The number of nitrogens with one attached hydrogen (secondary N) is 1. The third-order valence-electron chi connectivity index (χ3n) is 2.93. The molecule has 0 fully saturated rings. The fraction of sp³-hybridized carbons (Fsp3) is 0.267. The van der Waals surface area contributed by atoms with Gasteiger partial charge in [-0.15, -0.1) is 0 Å². The van der Waals surface area contributed by atoms with Crippen molar-refractivity contribution in [3.8, 4) is 0 Å². The maximum atomic E-state index is 6.30. The van der Waals surface area contributed by atoms with Crippen LogP contribution >= 0.6 is 23.2 Å². The largest absolute Gasteiger partial charge is 0.306 e. The van der Waals surface area contributed by atoms with Crippen LogP contribution in [0.4, 0.5) is 0 Å². The minimum atomic E-state index is -0.0430. The van der Waals surface area contributed by atoms with E-state index in [4.69, 9.17) is 23.2 Å². The lowest BCUT2D eigenvalue weighted by atomic mass is 9.99. The normalized spacial score (nSPS) is 12.4. The van der Waals surface area contributed by atoms with E-state index in [2.05, 4.69) is 23.3 Å². The monoisotopic (exact) mass is 294 g/mol. The molecule has 0 saturated heterocycles. The Morgan fingerprint density at radius 3 is 2.47 bits per heavy atom. The van der Waals surface area contributed by atoms with Crippen LogP contribution in [0, 0.1) is 6.92 Å². The first-order chi connectivity index (χ1) is 9.13. The van der Waals surface area contributed by atoms with E-state index in [0.29, 0.717) is 10.0 Å². The summed E-state index contributed by atoms with van der Waals surface area (Å²) in [6.07, 6.45) is 3.68. The zero-order valence-corrected chi connectivity index (χ0v) is 12.5. The summed E-state index contributed by atoms with van der Waals surface area (Å²) in [4.78, 5) is 4.25. The van der Waals surface area contributed by atoms with E-state index in [9.17, 15) is 0 Å². The molecular formula is C15H16Cl2N2. The Labute approximate surface area is 123 Å². The number of hydrogen-bond acceptors (Lipinski definition) is 2. The van der Waals surface area contributed by atoms with Crippen LogP contribution in [-0.4, -0.2) is 11.5 Å². The molecule has 1 N–H and O–H groups in total. The molecular weight excluding hydrogens is 279 g/mol. The molecule has 1 heterocycles. The third kappa shape index (κ3) is 3.27. The first-order valence-electron chi connectivity index (χ1n) is 6.22. The second-order valence-electron chi connectivity index (χ2n) is 4.42. The van der Waals surface area contributed by atoms with Gasteiger partial charge in [0.1, 0.15) is 0 Å². The van der Waals surface area contributed by atoms with E-state index in [1.54, 1.807) is 0 Å². The first-order valence-corrected chi connectivity index (χ1v) is 6.98. The minimum Gasteiger partial charge on any atom is -0.306 e. The molecule has 0 bridgehead atoms. The predicted molar refractivity (Wildman–Crippen MR) is 81.0 cm³/mol. The topological polar surface area (TPSA) is 24.9 Å². The highest BCUT2D eigenvalue weighted by atomic mass is 35.5. The van der Waals surface area contributed by atoms with E-state index < -0.39 is 0 Å². The van der Waals surface area contributed by atoms with Crippen molar-refractivity contribution in [1.82, 2.24) is 10.3 Å². The summed E-state index contributed by atoms with van der Waals surface area (Å²) in [6, 6.07) is 7.62. The zero-order valence-electron chi connectivity index (χ0n) is 11.0. The van der Waals surface area contributed by atoms with Gasteiger partial charge in [0.05, 0.1) is 6.04 Å². The van der Waals surface area contributed by atoms with E-state index in [-0.39, 0.29) is 6.04 Å². The summed E-state index contributed by atoms with van der Waals surface area (Å²) in [5.41, 5.74) is 3.08. The van der Waals surface area contributed by atoms with Gasteiger partial charge in [0.2, 0.25) is 0 Å². The lowest BCUT2D eigenvalue weighted by Gasteiger charge is -2.21. The number of halogens is 2. The maximum absolute atomic E-state index is 6.30. The quantitative estimate of drug-likeness (QED) is 0.904. The van der Waals surface area contributed by atoms with Crippen molar-refractivity contribution in [2.24, 2.45) is 0 Å². The standard InChI is InChI=1S/C15H16Cl2N2/c1-3-19-15(11-7-10(2)8-18-9-11)14-12(16)5-4-6-13(14)17/h4-9,15,19H,3H2,1-2H3. The lowest BCUT2D eigenvalue weighted by molar-refractivity contribution is 0.628. The Morgan fingerprint density at radius 2 is 1.89 bits per heavy atom. The van der Waals surface area contributed by atoms with Crippen molar-refractivity contribution in [1.29, 1.82) is 0 Å². The molecule has 0 radical (unpaired) electrons. The summed E-state index contributed by atoms with van der Waals surface area (Å²) < 4.78 is 0. The average Bonchev–Trinajstić information content (AvgIpc) is 2.37. The highest BCUT2D eigenvalue weighted by Gasteiger charge is 2.19. The Kier molecular flexibility index (Phi) is 4.81. The predicted octanol–water partition coefficient (Wildman–Crippen LogP) is 4.40. The van der Waals surface area contributed by atoms with E-state index in [1.165, 1.54) is 0 Å². The van der Waals surface area contributed by atoms with Crippen LogP contribution in [0.15, 0.2) is 36.7 Å². The van der Waals surface area contributed by atoms with Crippen LogP contribution in [-0.2, 0) is 0 Å². The van der Waals surface area contributed by atoms with Gasteiger partial charge in [-0.05, 0) is 36.7 Å². The van der Waals surface area contributed by atoms with Gasteiger partial charge in [-0.1, -0.05) is 42.3 Å². The van der Waals surface area contributed by atoms with Crippen LogP contribution in [0.1, 0.15) is 29.7 Å². The van der Waals surface area contributed by atoms with E-state index in [1.807, 2.05) is 37.5 Å². The van der Waals surface area contributed by atoms with Gasteiger partial charge < -0.3 is 5.32 Å². The second kappa shape index (κ2) is 6.38. The molecule has 2 rings (SSSR count). The van der Waals surface area contributed by atoms with Gasteiger partial charge in [-0.25, -0.2) is 0 Å². The zero-order chi connectivity index (χ0) is 13.8. The van der Waals surface area contributed by atoms with Crippen LogP contribution in [0.3, 0.4) is 0 Å². The SMILES string of the molecule is CCNC(c1cncc(C)c1)c1c(Cl)cccc1Cl. The van der Waals surface area contributed by atoms with Crippen molar-refractivity contribution < 1.29 is 0 Å². The summed E-state index contributed by atoms with van der Waals surface area (Å²) in [5.74, 6) is 0. The molecule has 100 valence electrons. The molecule has 4 heteroatoms. The van der Waals surface area contributed by atoms with Gasteiger partial charge in [-0.3, -0.25) is 4.98 Å². The maximum Gasteiger partial charge on any atom is 0.0621 e. The Balaban J connectivity index is 2.51. The molecule has 0 aliphatic heterocycles. The molecule has 1 aromatic carbocycles. The molecule has 19 heavy (non-hydrogen) atoms. The van der Waals surface area contributed by atoms with Gasteiger partial charge in [-0.2, -0.15) is 0 Å². The highest BCUT2D eigenvalue weighted by Crippen LogP contribution is 2.33. The fourth-order valence-corrected chi connectivity index (χ4v) is 2.73. The summed E-state index contributed by atoms with van der Waals surface area (Å²) >= 11 is 12.6.